The van der Waals surface area contributed by atoms with Gasteiger partial charge in [-0.15, -0.1) is 22.7 Å². The van der Waals surface area contributed by atoms with E-state index in [1.54, 1.807) is 39.2 Å². The molecule has 0 saturated carbocycles. The Hall–Kier alpha value is -2.39. The summed E-state index contributed by atoms with van der Waals surface area (Å²) in [5.74, 6) is 1.94. The summed E-state index contributed by atoms with van der Waals surface area (Å²) in [5.41, 5.74) is 4.10. The highest BCUT2D eigenvalue weighted by Gasteiger charge is 2.52. The normalized spacial score (nSPS) is 16.9. The van der Waals surface area contributed by atoms with Gasteiger partial charge in [0.15, 0.2) is 0 Å². The molecule has 6 heteroatoms. The molecule has 0 spiro atoms. The Balaban J connectivity index is 1.54. The van der Waals surface area contributed by atoms with Crippen LogP contribution in [0.3, 0.4) is 0 Å². The zero-order chi connectivity index (χ0) is 23.8. The minimum absolute atomic E-state index is 0.955. The number of rotatable bonds is 4. The summed E-state index contributed by atoms with van der Waals surface area (Å²) in [6.07, 6.45) is 0. The van der Waals surface area contributed by atoms with Crippen LogP contribution < -0.4 is 19.8 Å². The van der Waals surface area contributed by atoms with Gasteiger partial charge in [0.1, 0.15) is 27.6 Å². The lowest BCUT2D eigenvalue weighted by Crippen LogP contribution is -2.45. The van der Waals surface area contributed by atoms with Gasteiger partial charge in [0.2, 0.25) is 0 Å². The molecule has 172 valence electrons. The van der Waals surface area contributed by atoms with Gasteiger partial charge in [0.25, 0.3) is 0 Å². The smallest absolute Gasteiger partial charge is 0.128 e. The molecule has 34 heavy (non-hydrogen) atoms. The molecular formula is C28H28O2S2Si2. The second-order valence-corrected chi connectivity index (χ2v) is 20.8. The Morgan fingerprint density at radius 3 is 2.03 bits per heavy atom. The van der Waals surface area contributed by atoms with Crippen molar-refractivity contribution in [3.63, 3.8) is 0 Å². The molecule has 0 bridgehead atoms. The van der Waals surface area contributed by atoms with Gasteiger partial charge in [-0.2, -0.15) is 0 Å². The molecular weight excluding hydrogens is 489 g/mol. The van der Waals surface area contributed by atoms with Crippen LogP contribution in [0.15, 0.2) is 60.0 Å². The van der Waals surface area contributed by atoms with Gasteiger partial charge < -0.3 is 9.47 Å². The lowest BCUT2D eigenvalue weighted by Gasteiger charge is -2.27. The molecule has 0 fully saturated rings. The third kappa shape index (κ3) is 2.95. The van der Waals surface area contributed by atoms with Gasteiger partial charge in [-0.05, 0) is 79.7 Å². The molecule has 0 unspecified atom stereocenters. The van der Waals surface area contributed by atoms with Crippen LogP contribution in [0.5, 0.6) is 11.5 Å². The van der Waals surface area contributed by atoms with E-state index in [4.69, 9.17) is 9.47 Å². The van der Waals surface area contributed by atoms with Crippen molar-refractivity contribution in [3.8, 4) is 31.7 Å². The van der Waals surface area contributed by atoms with Crippen LogP contribution in [0.2, 0.25) is 26.2 Å². The molecule has 4 heterocycles. The maximum absolute atomic E-state index is 6.02. The topological polar surface area (TPSA) is 18.5 Å². The largest absolute Gasteiger partial charge is 0.497 e. The summed E-state index contributed by atoms with van der Waals surface area (Å²) in [4.78, 5) is 3.92. The first kappa shape index (κ1) is 22.1. The van der Waals surface area contributed by atoms with Crippen molar-refractivity contribution in [2.45, 2.75) is 26.2 Å². The molecule has 2 aromatic carbocycles. The first-order valence-electron chi connectivity index (χ1n) is 11.6. The molecule has 0 amide bonds. The number of methoxy groups -OCH3 is 2. The molecule has 0 N–H and O–H groups in total. The molecule has 2 nitrogen and oxygen atoms in total. The summed E-state index contributed by atoms with van der Waals surface area (Å²) < 4.78 is 11.7. The van der Waals surface area contributed by atoms with Gasteiger partial charge >= 0.3 is 0 Å². The predicted molar refractivity (Wildman–Crippen MR) is 154 cm³/mol. The number of hydrogen-bond donors (Lipinski definition) is 0. The quantitative estimate of drug-likeness (QED) is 0.272. The Morgan fingerprint density at radius 2 is 1.35 bits per heavy atom. The number of fused-ring (bicyclic) bond motifs is 4. The Kier molecular flexibility index (Phi) is 4.91. The summed E-state index contributed by atoms with van der Waals surface area (Å²) in [5, 5.41) is 8.49. The van der Waals surface area contributed by atoms with E-state index >= 15 is 0 Å². The van der Waals surface area contributed by atoms with E-state index in [0.29, 0.717) is 0 Å². The highest BCUT2D eigenvalue weighted by molar-refractivity contribution is 7.23. The van der Waals surface area contributed by atoms with Gasteiger partial charge in [0.05, 0.1) is 14.2 Å². The van der Waals surface area contributed by atoms with Crippen LogP contribution in [0.4, 0.5) is 0 Å². The predicted octanol–water partition coefficient (Wildman–Crippen LogP) is 7.01. The van der Waals surface area contributed by atoms with Gasteiger partial charge in [0, 0.05) is 20.2 Å². The summed E-state index contributed by atoms with van der Waals surface area (Å²) in [6.45, 7) is 10.1. The van der Waals surface area contributed by atoms with Gasteiger partial charge in [-0.25, -0.2) is 0 Å². The zero-order valence-electron chi connectivity index (χ0n) is 20.4. The van der Waals surface area contributed by atoms with Crippen LogP contribution in [-0.2, 0) is 0 Å². The summed E-state index contributed by atoms with van der Waals surface area (Å²) in [6, 6.07) is 20.4. The van der Waals surface area contributed by atoms with E-state index in [1.165, 1.54) is 31.3 Å². The summed E-state index contributed by atoms with van der Waals surface area (Å²) >= 11 is 3.65. The molecule has 0 aliphatic carbocycles. The molecule has 0 saturated heterocycles. The highest BCUT2D eigenvalue weighted by Crippen LogP contribution is 2.51. The van der Waals surface area contributed by atoms with E-state index in [1.807, 2.05) is 18.4 Å². The molecule has 2 aliphatic rings. The van der Waals surface area contributed by atoms with Crippen LogP contribution in [-0.4, -0.2) is 30.4 Å². The van der Waals surface area contributed by atoms with Crippen molar-refractivity contribution in [2.75, 3.05) is 14.2 Å². The zero-order valence-corrected chi connectivity index (χ0v) is 24.0. The Morgan fingerprint density at radius 1 is 0.647 bits per heavy atom. The maximum Gasteiger partial charge on any atom is 0.128 e. The van der Waals surface area contributed by atoms with Crippen LogP contribution >= 0.6 is 22.7 Å². The number of hydrogen-bond acceptors (Lipinski definition) is 4. The standard InChI is InChI=1S/C28H28O2S2Si2/c1-29-17-9-12-25-19(14-17)27-28(33(25,3)4)20-15-21(30-2)18(16-26(20)34(27,5)6)22-10-11-24(32-22)23-8-7-13-31-23/h7-16H,1-6H3. The van der Waals surface area contributed by atoms with Crippen molar-refractivity contribution >= 4 is 59.6 Å². The minimum atomic E-state index is -1.90. The third-order valence-electron chi connectivity index (χ3n) is 7.59. The van der Waals surface area contributed by atoms with Crippen molar-refractivity contribution in [2.24, 2.45) is 0 Å². The van der Waals surface area contributed by atoms with Gasteiger partial charge in [-0.1, -0.05) is 38.3 Å². The van der Waals surface area contributed by atoms with E-state index in [0.717, 1.165) is 11.5 Å². The monoisotopic (exact) mass is 516 g/mol. The lowest BCUT2D eigenvalue weighted by molar-refractivity contribution is 0.415. The Bertz CT molecular complexity index is 1480. The number of benzene rings is 2. The van der Waals surface area contributed by atoms with Crippen molar-refractivity contribution in [1.29, 1.82) is 0 Å². The second kappa shape index (κ2) is 7.55. The summed E-state index contributed by atoms with van der Waals surface area (Å²) in [7, 11) is -0.152. The molecule has 0 atom stereocenters. The Labute approximate surface area is 211 Å². The fourth-order valence-corrected chi connectivity index (χ4v) is 16.5. The van der Waals surface area contributed by atoms with Crippen LogP contribution in [0, 0.1) is 0 Å². The molecule has 2 aliphatic heterocycles. The first-order chi connectivity index (χ1) is 16.3. The molecule has 6 rings (SSSR count). The minimum Gasteiger partial charge on any atom is -0.497 e. The fraction of sp³-hybridized carbons (Fsp3) is 0.214. The fourth-order valence-electron chi connectivity index (χ4n) is 5.94. The maximum atomic E-state index is 6.02. The van der Waals surface area contributed by atoms with E-state index in [9.17, 15) is 0 Å². The van der Waals surface area contributed by atoms with Crippen molar-refractivity contribution < 1.29 is 9.47 Å². The van der Waals surface area contributed by atoms with Crippen molar-refractivity contribution in [3.05, 3.63) is 71.1 Å². The van der Waals surface area contributed by atoms with E-state index in [-0.39, 0.29) is 0 Å². The van der Waals surface area contributed by atoms with E-state index in [2.05, 4.69) is 86.2 Å². The van der Waals surface area contributed by atoms with E-state index < -0.39 is 16.1 Å². The molecule has 4 aromatic rings. The van der Waals surface area contributed by atoms with Crippen LogP contribution in [0.1, 0.15) is 11.1 Å². The SMILES string of the molecule is COc1ccc2c(c1)C1=C(c3cc(OC)c(-c4ccc(-c5cccs5)s4)cc3[Si]1(C)C)[Si]2(C)C. The lowest BCUT2D eigenvalue weighted by atomic mass is 10.1. The molecule has 2 aromatic heterocycles. The van der Waals surface area contributed by atoms with Crippen molar-refractivity contribution in [1.82, 2.24) is 0 Å². The average Bonchev–Trinajstić information content (AvgIpc) is 3.59. The number of thiophene rings is 2. The molecule has 0 radical (unpaired) electrons. The average molecular weight is 517 g/mol. The van der Waals surface area contributed by atoms with Gasteiger partial charge in [-0.3, -0.25) is 0 Å². The second-order valence-electron chi connectivity index (χ2n) is 10.2. The first-order valence-corrected chi connectivity index (χ1v) is 19.3. The third-order valence-corrected chi connectivity index (χ3v) is 17.1. The number of ether oxygens (including phenoxy) is 2. The highest BCUT2D eigenvalue weighted by atomic mass is 32.1. The van der Waals surface area contributed by atoms with Crippen LogP contribution in [0.25, 0.3) is 30.6 Å².